The number of nitrogens with two attached hydrogens (primary N) is 1. The van der Waals surface area contributed by atoms with Crippen LogP contribution in [-0.4, -0.2) is 24.2 Å². The van der Waals surface area contributed by atoms with Crippen LogP contribution in [0.25, 0.3) is 0 Å². The van der Waals surface area contributed by atoms with Crippen LogP contribution < -0.4 is 15.4 Å². The molecule has 1 aliphatic rings. The van der Waals surface area contributed by atoms with E-state index in [1.165, 1.54) is 19.3 Å². The van der Waals surface area contributed by atoms with Gasteiger partial charge in [0.2, 0.25) is 5.88 Å². The smallest absolute Gasteiger partial charge is 0.239 e. The highest BCUT2D eigenvalue weighted by molar-refractivity contribution is 5.55. The van der Waals surface area contributed by atoms with Crippen LogP contribution in [0.1, 0.15) is 46.0 Å². The van der Waals surface area contributed by atoms with Crippen molar-refractivity contribution in [1.82, 2.24) is 4.98 Å². The number of ether oxygens (including phenoxy) is 1. The van der Waals surface area contributed by atoms with Gasteiger partial charge in [-0.15, -0.1) is 0 Å². The van der Waals surface area contributed by atoms with Crippen molar-refractivity contribution in [3.05, 3.63) is 12.1 Å². The third-order valence-electron chi connectivity index (χ3n) is 3.71. The first-order chi connectivity index (χ1) is 9.26. The minimum absolute atomic E-state index is 0.583. The summed E-state index contributed by atoms with van der Waals surface area (Å²) >= 11 is 0. The second kappa shape index (κ2) is 6.64. The third kappa shape index (κ3) is 3.31. The molecular weight excluding hydrogens is 238 g/mol. The Morgan fingerprint density at radius 2 is 2.21 bits per heavy atom. The average molecular weight is 263 g/mol. The SMILES string of the molecule is CCCOc1nc(N2CCCCC2CC)ccc1N. The number of nitrogens with zero attached hydrogens (tertiary/aromatic N) is 2. The quantitative estimate of drug-likeness (QED) is 0.886. The van der Waals surface area contributed by atoms with Gasteiger partial charge in [-0.1, -0.05) is 13.8 Å². The first-order valence-electron chi connectivity index (χ1n) is 7.42. The molecular formula is C15H25N3O. The summed E-state index contributed by atoms with van der Waals surface area (Å²) in [6, 6.07) is 4.53. The summed E-state index contributed by atoms with van der Waals surface area (Å²) in [7, 11) is 0. The third-order valence-corrected chi connectivity index (χ3v) is 3.71. The zero-order valence-electron chi connectivity index (χ0n) is 12.1. The average Bonchev–Trinajstić information content (AvgIpc) is 2.46. The lowest BCUT2D eigenvalue weighted by Crippen LogP contribution is -2.39. The van der Waals surface area contributed by atoms with E-state index in [-0.39, 0.29) is 0 Å². The molecule has 1 unspecified atom stereocenters. The molecule has 1 atom stereocenters. The van der Waals surface area contributed by atoms with Gasteiger partial charge in [0.05, 0.1) is 12.3 Å². The summed E-state index contributed by atoms with van der Waals surface area (Å²) in [6.45, 7) is 6.08. The number of piperidine rings is 1. The second-order valence-electron chi connectivity index (χ2n) is 5.16. The minimum Gasteiger partial charge on any atom is -0.476 e. The van der Waals surface area contributed by atoms with Crippen molar-refractivity contribution < 1.29 is 4.74 Å². The van der Waals surface area contributed by atoms with Crippen LogP contribution in [0, 0.1) is 0 Å². The van der Waals surface area contributed by atoms with E-state index >= 15 is 0 Å². The molecule has 4 nitrogen and oxygen atoms in total. The van der Waals surface area contributed by atoms with Crippen LogP contribution in [-0.2, 0) is 0 Å². The summed E-state index contributed by atoms with van der Waals surface area (Å²) in [5.74, 6) is 1.59. The first-order valence-corrected chi connectivity index (χ1v) is 7.42. The molecule has 1 saturated heterocycles. The van der Waals surface area contributed by atoms with Gasteiger partial charge in [0.1, 0.15) is 5.82 Å². The molecule has 106 valence electrons. The summed E-state index contributed by atoms with van der Waals surface area (Å²) in [5.41, 5.74) is 6.55. The Morgan fingerprint density at radius 3 is 2.95 bits per heavy atom. The van der Waals surface area contributed by atoms with Crippen LogP contribution in [0.4, 0.5) is 11.5 Å². The lowest BCUT2D eigenvalue weighted by molar-refractivity contribution is 0.306. The lowest BCUT2D eigenvalue weighted by atomic mass is 10.00. The predicted molar refractivity (Wildman–Crippen MR) is 79.7 cm³/mol. The molecule has 19 heavy (non-hydrogen) atoms. The topological polar surface area (TPSA) is 51.4 Å². The van der Waals surface area contributed by atoms with Crippen molar-refractivity contribution in [2.75, 3.05) is 23.8 Å². The molecule has 0 bridgehead atoms. The van der Waals surface area contributed by atoms with Crippen molar-refractivity contribution in [2.45, 2.75) is 52.0 Å². The molecule has 2 N–H and O–H groups in total. The maximum absolute atomic E-state index is 5.92. The lowest BCUT2D eigenvalue weighted by Gasteiger charge is -2.36. The molecule has 1 aromatic heterocycles. The van der Waals surface area contributed by atoms with Gasteiger partial charge in [-0.25, -0.2) is 0 Å². The Morgan fingerprint density at radius 1 is 1.37 bits per heavy atom. The Hall–Kier alpha value is -1.45. The highest BCUT2D eigenvalue weighted by Gasteiger charge is 2.22. The van der Waals surface area contributed by atoms with Crippen molar-refractivity contribution in [2.24, 2.45) is 0 Å². The van der Waals surface area contributed by atoms with Crippen molar-refractivity contribution in [3.8, 4) is 5.88 Å². The van der Waals surface area contributed by atoms with Gasteiger partial charge in [-0.2, -0.15) is 4.98 Å². The van der Waals surface area contributed by atoms with Gasteiger partial charge < -0.3 is 15.4 Å². The number of nitrogen functional groups attached to an aromatic ring is 1. The Kier molecular flexibility index (Phi) is 4.88. The van der Waals surface area contributed by atoms with E-state index in [1.54, 1.807) is 0 Å². The van der Waals surface area contributed by atoms with Crippen molar-refractivity contribution in [1.29, 1.82) is 0 Å². The van der Waals surface area contributed by atoms with Gasteiger partial charge in [-0.05, 0) is 44.2 Å². The van der Waals surface area contributed by atoms with E-state index in [4.69, 9.17) is 10.5 Å². The highest BCUT2D eigenvalue weighted by Crippen LogP contribution is 2.29. The van der Waals surface area contributed by atoms with E-state index in [1.807, 2.05) is 12.1 Å². The van der Waals surface area contributed by atoms with Gasteiger partial charge in [-0.3, -0.25) is 0 Å². The summed E-state index contributed by atoms with van der Waals surface area (Å²) < 4.78 is 5.62. The highest BCUT2D eigenvalue weighted by atomic mass is 16.5. The summed E-state index contributed by atoms with van der Waals surface area (Å²) in [4.78, 5) is 7.01. The van der Waals surface area contributed by atoms with Crippen LogP contribution in [0.3, 0.4) is 0 Å². The Bertz CT molecular complexity index is 408. The molecule has 0 aromatic carbocycles. The summed E-state index contributed by atoms with van der Waals surface area (Å²) in [5, 5.41) is 0. The maximum atomic E-state index is 5.92. The van der Waals surface area contributed by atoms with Gasteiger partial charge in [0.15, 0.2) is 0 Å². The van der Waals surface area contributed by atoms with E-state index in [9.17, 15) is 0 Å². The minimum atomic E-state index is 0.583. The first kappa shape index (κ1) is 14.0. The number of aromatic nitrogens is 1. The largest absolute Gasteiger partial charge is 0.476 e. The fourth-order valence-corrected chi connectivity index (χ4v) is 2.64. The molecule has 4 heteroatoms. The predicted octanol–water partition coefficient (Wildman–Crippen LogP) is 3.22. The molecule has 2 rings (SSSR count). The fourth-order valence-electron chi connectivity index (χ4n) is 2.64. The van der Waals surface area contributed by atoms with Crippen LogP contribution in [0.2, 0.25) is 0 Å². The Balaban J connectivity index is 2.18. The van der Waals surface area contributed by atoms with Crippen LogP contribution in [0.15, 0.2) is 12.1 Å². The van der Waals surface area contributed by atoms with Crippen molar-refractivity contribution >= 4 is 11.5 Å². The molecule has 2 heterocycles. The Labute approximate surface area is 116 Å². The molecule has 1 fully saturated rings. The van der Waals surface area contributed by atoms with Gasteiger partial charge in [0, 0.05) is 12.6 Å². The number of hydrogen-bond acceptors (Lipinski definition) is 4. The molecule has 1 aromatic rings. The molecule has 0 radical (unpaired) electrons. The van der Waals surface area contributed by atoms with E-state index in [2.05, 4.69) is 23.7 Å². The molecule has 0 amide bonds. The van der Waals surface area contributed by atoms with E-state index in [0.717, 1.165) is 25.2 Å². The number of hydrogen-bond donors (Lipinski definition) is 1. The fraction of sp³-hybridized carbons (Fsp3) is 0.667. The molecule has 1 aliphatic heterocycles. The van der Waals surface area contributed by atoms with Crippen molar-refractivity contribution in [3.63, 3.8) is 0 Å². The zero-order chi connectivity index (χ0) is 13.7. The second-order valence-corrected chi connectivity index (χ2v) is 5.16. The monoisotopic (exact) mass is 263 g/mol. The zero-order valence-corrected chi connectivity index (χ0v) is 12.1. The van der Waals surface area contributed by atoms with Gasteiger partial charge >= 0.3 is 0 Å². The summed E-state index contributed by atoms with van der Waals surface area (Å²) in [6.07, 6.45) is 5.95. The van der Waals surface area contributed by atoms with Crippen LogP contribution >= 0.6 is 0 Å². The van der Waals surface area contributed by atoms with Crippen LogP contribution in [0.5, 0.6) is 5.88 Å². The number of rotatable bonds is 5. The number of anilines is 2. The molecule has 0 spiro atoms. The molecule has 0 saturated carbocycles. The normalized spacial score (nSPS) is 19.5. The maximum Gasteiger partial charge on any atom is 0.239 e. The van der Waals surface area contributed by atoms with Gasteiger partial charge in [0.25, 0.3) is 0 Å². The standard InChI is InChI=1S/C15H25N3O/c1-3-11-19-15-13(16)8-9-14(17-15)18-10-6-5-7-12(18)4-2/h8-9,12H,3-7,10-11,16H2,1-2H3. The van der Waals surface area contributed by atoms with E-state index in [0.29, 0.717) is 24.2 Å². The van der Waals surface area contributed by atoms with E-state index < -0.39 is 0 Å². The number of pyridine rings is 1. The molecule has 0 aliphatic carbocycles.